The summed E-state index contributed by atoms with van der Waals surface area (Å²) < 4.78 is 2.16. The second-order valence-electron chi connectivity index (χ2n) is 10.6. The standard InChI is InChI=1S/C26H37N5O/c32-26(29-15-13-28(14-16-29)21-8-2-1-3-9-21)25-23(31-12-5-4-11-24(31)27-25)19-30-18-20-7-6-10-22(30)17-20/h4-5,11-12,20-22H,1-3,6-10,13-19H2/t20-,22+/m0/s1. The van der Waals surface area contributed by atoms with Gasteiger partial charge in [0.15, 0.2) is 5.69 Å². The predicted octanol–water partition coefficient (Wildman–Crippen LogP) is 3.80. The number of hydrogen-bond acceptors (Lipinski definition) is 4. The topological polar surface area (TPSA) is 44.1 Å². The largest absolute Gasteiger partial charge is 0.335 e. The lowest BCUT2D eigenvalue weighted by Gasteiger charge is -2.40. The maximum atomic E-state index is 13.7. The highest BCUT2D eigenvalue weighted by Gasteiger charge is 2.37. The summed E-state index contributed by atoms with van der Waals surface area (Å²) in [7, 11) is 0. The van der Waals surface area contributed by atoms with Gasteiger partial charge in [-0.2, -0.15) is 0 Å². The number of carbonyl (C=O) groups excluding carboxylic acids is 1. The SMILES string of the molecule is O=C(c1nc2ccccn2c1CN1C[C@H]2CCC[C@@H]1C2)N1CCN(C2CCCCC2)CC1. The Balaban J connectivity index is 1.21. The number of imidazole rings is 1. The van der Waals surface area contributed by atoms with Crippen molar-refractivity contribution in [1.82, 2.24) is 24.1 Å². The maximum absolute atomic E-state index is 13.7. The molecule has 1 amide bonds. The molecular formula is C26H37N5O. The number of amides is 1. The molecule has 2 saturated heterocycles. The van der Waals surface area contributed by atoms with Crippen molar-refractivity contribution < 1.29 is 4.79 Å². The molecule has 4 fully saturated rings. The highest BCUT2D eigenvalue weighted by atomic mass is 16.2. The number of rotatable bonds is 4. The molecule has 2 atom stereocenters. The molecule has 0 aromatic carbocycles. The maximum Gasteiger partial charge on any atom is 0.274 e. The average Bonchev–Trinajstić information content (AvgIpc) is 3.35. The molecule has 6 nitrogen and oxygen atoms in total. The molecule has 0 radical (unpaired) electrons. The molecular weight excluding hydrogens is 398 g/mol. The molecule has 2 aromatic rings. The van der Waals surface area contributed by atoms with Gasteiger partial charge in [-0.15, -0.1) is 0 Å². The van der Waals surface area contributed by atoms with Crippen molar-refractivity contribution in [3.05, 3.63) is 35.8 Å². The van der Waals surface area contributed by atoms with Crippen LogP contribution in [0.15, 0.2) is 24.4 Å². The van der Waals surface area contributed by atoms with E-state index in [9.17, 15) is 4.79 Å². The van der Waals surface area contributed by atoms with Gasteiger partial charge in [0.2, 0.25) is 0 Å². The molecule has 32 heavy (non-hydrogen) atoms. The molecule has 172 valence electrons. The third-order valence-electron chi connectivity index (χ3n) is 8.64. The number of pyridine rings is 1. The van der Waals surface area contributed by atoms with E-state index in [1.807, 2.05) is 12.1 Å². The first-order valence-corrected chi connectivity index (χ1v) is 13.0. The van der Waals surface area contributed by atoms with Crippen molar-refractivity contribution in [2.24, 2.45) is 5.92 Å². The zero-order valence-electron chi connectivity index (χ0n) is 19.3. The lowest BCUT2D eigenvalue weighted by molar-refractivity contribution is 0.0516. The summed E-state index contributed by atoms with van der Waals surface area (Å²) in [6, 6.07) is 7.53. The fraction of sp³-hybridized carbons (Fsp3) is 0.692. The Kier molecular flexibility index (Phi) is 5.68. The van der Waals surface area contributed by atoms with Crippen molar-refractivity contribution >= 4 is 11.6 Å². The Hall–Kier alpha value is -1.92. The van der Waals surface area contributed by atoms with Crippen molar-refractivity contribution in [2.75, 3.05) is 32.7 Å². The van der Waals surface area contributed by atoms with Gasteiger partial charge in [-0.3, -0.25) is 14.6 Å². The minimum atomic E-state index is 0.133. The molecule has 2 saturated carbocycles. The first kappa shape index (κ1) is 20.7. The van der Waals surface area contributed by atoms with Crippen LogP contribution in [-0.2, 0) is 6.54 Å². The van der Waals surface area contributed by atoms with E-state index in [-0.39, 0.29) is 5.91 Å². The molecule has 0 unspecified atom stereocenters. The summed E-state index contributed by atoms with van der Waals surface area (Å²) in [5.74, 6) is 0.981. The number of likely N-dealkylation sites (tertiary alicyclic amines) is 1. The Morgan fingerprint density at radius 2 is 1.75 bits per heavy atom. The minimum absolute atomic E-state index is 0.133. The van der Waals surface area contributed by atoms with Gasteiger partial charge < -0.3 is 9.30 Å². The van der Waals surface area contributed by atoms with E-state index in [0.717, 1.165) is 56.0 Å². The number of piperazine rings is 1. The van der Waals surface area contributed by atoms with Gasteiger partial charge in [-0.25, -0.2) is 4.98 Å². The summed E-state index contributed by atoms with van der Waals surface area (Å²) in [6.07, 6.45) is 14.3. The van der Waals surface area contributed by atoms with Crippen LogP contribution < -0.4 is 0 Å². The van der Waals surface area contributed by atoms with Gasteiger partial charge in [0.1, 0.15) is 5.65 Å². The fourth-order valence-electron chi connectivity index (χ4n) is 6.88. The zero-order chi connectivity index (χ0) is 21.5. The summed E-state index contributed by atoms with van der Waals surface area (Å²) in [4.78, 5) is 25.9. The molecule has 2 bridgehead atoms. The number of carbonyl (C=O) groups is 1. The van der Waals surface area contributed by atoms with Crippen LogP contribution in [0.2, 0.25) is 0 Å². The van der Waals surface area contributed by atoms with Crippen LogP contribution in [-0.4, -0.2) is 74.8 Å². The van der Waals surface area contributed by atoms with Crippen molar-refractivity contribution in [2.45, 2.75) is 76.4 Å². The molecule has 2 aliphatic carbocycles. The highest BCUT2D eigenvalue weighted by Crippen LogP contribution is 2.36. The predicted molar refractivity (Wildman–Crippen MR) is 126 cm³/mol. The second kappa shape index (κ2) is 8.79. The van der Waals surface area contributed by atoms with Crippen LogP contribution in [0.5, 0.6) is 0 Å². The fourth-order valence-corrected chi connectivity index (χ4v) is 6.88. The van der Waals surface area contributed by atoms with Crippen LogP contribution in [0, 0.1) is 5.92 Å². The summed E-state index contributed by atoms with van der Waals surface area (Å²) in [5.41, 5.74) is 2.67. The number of hydrogen-bond donors (Lipinski definition) is 0. The Labute approximate surface area is 191 Å². The van der Waals surface area contributed by atoms with Crippen molar-refractivity contribution in [3.63, 3.8) is 0 Å². The third-order valence-corrected chi connectivity index (χ3v) is 8.64. The van der Waals surface area contributed by atoms with Crippen molar-refractivity contribution in [3.8, 4) is 0 Å². The minimum Gasteiger partial charge on any atom is -0.335 e. The quantitative estimate of drug-likeness (QED) is 0.733. The molecule has 4 aliphatic rings. The van der Waals surface area contributed by atoms with Gasteiger partial charge in [0, 0.05) is 57.5 Å². The molecule has 6 rings (SSSR count). The van der Waals surface area contributed by atoms with Crippen LogP contribution in [0.4, 0.5) is 0 Å². The molecule has 4 heterocycles. The van der Waals surface area contributed by atoms with Gasteiger partial charge in [-0.1, -0.05) is 31.7 Å². The van der Waals surface area contributed by atoms with E-state index in [1.54, 1.807) is 0 Å². The zero-order valence-corrected chi connectivity index (χ0v) is 19.3. The molecule has 0 spiro atoms. The van der Waals surface area contributed by atoms with E-state index >= 15 is 0 Å². The number of aromatic nitrogens is 2. The monoisotopic (exact) mass is 435 g/mol. The lowest BCUT2D eigenvalue weighted by Crippen LogP contribution is -2.52. The first-order chi connectivity index (χ1) is 15.8. The Bertz CT molecular complexity index is 956. The average molecular weight is 436 g/mol. The Morgan fingerprint density at radius 3 is 2.56 bits per heavy atom. The van der Waals surface area contributed by atoms with E-state index < -0.39 is 0 Å². The van der Waals surface area contributed by atoms with Crippen LogP contribution >= 0.6 is 0 Å². The van der Waals surface area contributed by atoms with Crippen LogP contribution in [0.1, 0.15) is 74.0 Å². The van der Waals surface area contributed by atoms with Gasteiger partial charge in [0.05, 0.1) is 5.69 Å². The highest BCUT2D eigenvalue weighted by molar-refractivity contribution is 5.94. The summed E-state index contributed by atoms with van der Waals surface area (Å²) in [6.45, 7) is 5.70. The first-order valence-electron chi connectivity index (χ1n) is 13.0. The van der Waals surface area contributed by atoms with E-state index in [2.05, 4.69) is 31.4 Å². The molecule has 6 heteroatoms. The van der Waals surface area contributed by atoms with Crippen LogP contribution in [0.25, 0.3) is 5.65 Å². The van der Waals surface area contributed by atoms with E-state index in [1.165, 1.54) is 64.3 Å². The summed E-state index contributed by atoms with van der Waals surface area (Å²) in [5, 5.41) is 0. The van der Waals surface area contributed by atoms with Crippen LogP contribution in [0.3, 0.4) is 0 Å². The Morgan fingerprint density at radius 1 is 0.938 bits per heavy atom. The lowest BCUT2D eigenvalue weighted by atomic mass is 9.90. The molecule has 2 aromatic heterocycles. The van der Waals surface area contributed by atoms with Crippen molar-refractivity contribution in [1.29, 1.82) is 0 Å². The molecule has 0 N–H and O–H groups in total. The van der Waals surface area contributed by atoms with E-state index in [0.29, 0.717) is 11.7 Å². The van der Waals surface area contributed by atoms with Gasteiger partial charge in [0.25, 0.3) is 5.91 Å². The second-order valence-corrected chi connectivity index (χ2v) is 10.6. The molecule has 2 aliphatic heterocycles. The third kappa shape index (κ3) is 3.86. The van der Waals surface area contributed by atoms with Gasteiger partial charge >= 0.3 is 0 Å². The normalized spacial score (nSPS) is 27.9. The smallest absolute Gasteiger partial charge is 0.274 e. The number of fused-ring (bicyclic) bond motifs is 3. The number of nitrogens with zero attached hydrogens (tertiary/aromatic N) is 5. The summed E-state index contributed by atoms with van der Waals surface area (Å²) >= 11 is 0. The van der Waals surface area contributed by atoms with E-state index in [4.69, 9.17) is 4.98 Å². The van der Waals surface area contributed by atoms with Gasteiger partial charge in [-0.05, 0) is 50.2 Å².